The topological polar surface area (TPSA) is 30.5 Å². The maximum atomic E-state index is 5.78. The second-order valence-corrected chi connectivity index (χ2v) is 5.08. The van der Waals surface area contributed by atoms with Crippen LogP contribution in [-0.4, -0.2) is 39.0 Å². The summed E-state index contributed by atoms with van der Waals surface area (Å²) in [5.41, 5.74) is 0. The summed E-state index contributed by atoms with van der Waals surface area (Å²) in [7, 11) is 2.07. The highest BCUT2D eigenvalue weighted by Crippen LogP contribution is 2.23. The molecule has 0 aromatic heterocycles. The van der Waals surface area contributed by atoms with Crippen molar-refractivity contribution in [1.29, 1.82) is 0 Å². The first-order chi connectivity index (χ1) is 7.90. The maximum Gasteiger partial charge on any atom is 0.0575 e. The molecule has 0 bridgehead atoms. The van der Waals surface area contributed by atoms with Crippen molar-refractivity contribution in [2.24, 2.45) is 5.92 Å². The van der Waals surface area contributed by atoms with Crippen LogP contribution in [0, 0.1) is 5.92 Å². The Bertz CT molecular complexity index is 186. The summed E-state index contributed by atoms with van der Waals surface area (Å²) in [5, 5.41) is 3.45. The van der Waals surface area contributed by atoms with E-state index in [9.17, 15) is 0 Å². The Balaban J connectivity index is 1.69. The van der Waals surface area contributed by atoms with Crippen molar-refractivity contribution in [2.45, 2.75) is 50.7 Å². The Labute approximate surface area is 98.9 Å². The normalized spacial score (nSPS) is 32.8. The van der Waals surface area contributed by atoms with Crippen molar-refractivity contribution in [2.75, 3.05) is 26.9 Å². The molecule has 2 saturated heterocycles. The second-order valence-electron chi connectivity index (χ2n) is 5.08. The second kappa shape index (κ2) is 6.58. The minimum absolute atomic E-state index is 0.520. The molecule has 0 saturated carbocycles. The molecule has 2 heterocycles. The van der Waals surface area contributed by atoms with Crippen molar-refractivity contribution in [3.8, 4) is 0 Å². The third-order valence-electron chi connectivity index (χ3n) is 3.98. The lowest BCUT2D eigenvalue weighted by molar-refractivity contribution is 0.00750. The van der Waals surface area contributed by atoms with Crippen LogP contribution in [0.25, 0.3) is 0 Å². The van der Waals surface area contributed by atoms with Gasteiger partial charge < -0.3 is 14.8 Å². The van der Waals surface area contributed by atoms with E-state index < -0.39 is 0 Å². The molecule has 94 valence electrons. The molecule has 2 aliphatic heterocycles. The molecule has 2 rings (SSSR count). The first kappa shape index (κ1) is 12.3. The molecule has 16 heavy (non-hydrogen) atoms. The van der Waals surface area contributed by atoms with E-state index >= 15 is 0 Å². The standard InChI is InChI=1S/C13H25NO2/c1-14-13(11-7-9-15-10-11)6-5-12-4-2-3-8-16-12/h11-14H,2-10H2,1H3. The first-order valence-corrected chi connectivity index (χ1v) is 6.76. The fourth-order valence-electron chi connectivity index (χ4n) is 2.89. The Hall–Kier alpha value is -0.120. The van der Waals surface area contributed by atoms with Crippen molar-refractivity contribution >= 4 is 0 Å². The van der Waals surface area contributed by atoms with Gasteiger partial charge in [-0.15, -0.1) is 0 Å². The Kier molecular flexibility index (Phi) is 5.07. The predicted octanol–water partition coefficient (Wildman–Crippen LogP) is 1.96. The van der Waals surface area contributed by atoms with Gasteiger partial charge in [0.1, 0.15) is 0 Å². The van der Waals surface area contributed by atoms with Crippen molar-refractivity contribution < 1.29 is 9.47 Å². The van der Waals surface area contributed by atoms with E-state index in [2.05, 4.69) is 12.4 Å². The number of nitrogens with one attached hydrogen (secondary N) is 1. The molecule has 2 fully saturated rings. The van der Waals surface area contributed by atoms with E-state index in [0.717, 1.165) is 19.8 Å². The first-order valence-electron chi connectivity index (χ1n) is 6.76. The molecule has 0 radical (unpaired) electrons. The van der Waals surface area contributed by atoms with Crippen LogP contribution in [-0.2, 0) is 9.47 Å². The SMILES string of the molecule is CNC(CCC1CCCCO1)C1CCOC1. The predicted molar refractivity (Wildman–Crippen MR) is 64.6 cm³/mol. The fourth-order valence-corrected chi connectivity index (χ4v) is 2.89. The van der Waals surface area contributed by atoms with Crippen molar-refractivity contribution in [3.63, 3.8) is 0 Å². The summed E-state index contributed by atoms with van der Waals surface area (Å²) < 4.78 is 11.2. The summed E-state index contributed by atoms with van der Waals surface area (Å²) in [6.45, 7) is 2.86. The van der Waals surface area contributed by atoms with Crippen molar-refractivity contribution in [3.05, 3.63) is 0 Å². The maximum absolute atomic E-state index is 5.78. The fraction of sp³-hybridized carbons (Fsp3) is 1.00. The number of hydrogen-bond acceptors (Lipinski definition) is 3. The minimum atomic E-state index is 0.520. The van der Waals surface area contributed by atoms with Gasteiger partial charge in [0.25, 0.3) is 0 Å². The highest BCUT2D eigenvalue weighted by atomic mass is 16.5. The van der Waals surface area contributed by atoms with Crippen LogP contribution in [0.5, 0.6) is 0 Å². The van der Waals surface area contributed by atoms with Gasteiger partial charge in [0.2, 0.25) is 0 Å². The molecule has 1 N–H and O–H groups in total. The number of ether oxygens (including phenoxy) is 2. The summed E-state index contributed by atoms with van der Waals surface area (Å²) in [4.78, 5) is 0. The smallest absolute Gasteiger partial charge is 0.0575 e. The molecule has 0 aliphatic carbocycles. The van der Waals surface area contributed by atoms with Gasteiger partial charge >= 0.3 is 0 Å². The molecule has 0 aromatic rings. The Morgan fingerprint density at radius 1 is 1.25 bits per heavy atom. The molecule has 3 unspecified atom stereocenters. The third-order valence-corrected chi connectivity index (χ3v) is 3.98. The third kappa shape index (κ3) is 3.44. The Morgan fingerprint density at radius 2 is 2.19 bits per heavy atom. The van der Waals surface area contributed by atoms with E-state index in [0.29, 0.717) is 18.1 Å². The van der Waals surface area contributed by atoms with Crippen LogP contribution < -0.4 is 5.32 Å². The summed E-state index contributed by atoms with van der Waals surface area (Å²) >= 11 is 0. The zero-order valence-corrected chi connectivity index (χ0v) is 10.4. The van der Waals surface area contributed by atoms with Crippen LogP contribution in [0.4, 0.5) is 0 Å². The molecule has 2 aliphatic rings. The van der Waals surface area contributed by atoms with Gasteiger partial charge in [0.15, 0.2) is 0 Å². The number of hydrogen-bond donors (Lipinski definition) is 1. The van der Waals surface area contributed by atoms with Crippen LogP contribution in [0.1, 0.15) is 38.5 Å². The largest absolute Gasteiger partial charge is 0.381 e. The van der Waals surface area contributed by atoms with Crippen LogP contribution in [0.15, 0.2) is 0 Å². The lowest BCUT2D eigenvalue weighted by atomic mass is 9.92. The van der Waals surface area contributed by atoms with Crippen LogP contribution in [0.2, 0.25) is 0 Å². The highest BCUT2D eigenvalue weighted by Gasteiger charge is 2.25. The minimum Gasteiger partial charge on any atom is -0.381 e. The van der Waals surface area contributed by atoms with Gasteiger partial charge in [0, 0.05) is 19.3 Å². The van der Waals surface area contributed by atoms with Crippen molar-refractivity contribution in [1.82, 2.24) is 5.32 Å². The van der Waals surface area contributed by atoms with Gasteiger partial charge in [-0.1, -0.05) is 0 Å². The van der Waals surface area contributed by atoms with Crippen LogP contribution >= 0.6 is 0 Å². The van der Waals surface area contributed by atoms with Gasteiger partial charge in [-0.05, 0) is 51.5 Å². The molecular weight excluding hydrogens is 202 g/mol. The van der Waals surface area contributed by atoms with E-state index in [4.69, 9.17) is 9.47 Å². The average Bonchev–Trinajstić information content (AvgIpc) is 2.85. The monoisotopic (exact) mass is 227 g/mol. The molecule has 0 spiro atoms. The lowest BCUT2D eigenvalue weighted by Crippen LogP contribution is -2.35. The van der Waals surface area contributed by atoms with Gasteiger partial charge in [-0.3, -0.25) is 0 Å². The highest BCUT2D eigenvalue weighted by molar-refractivity contribution is 4.79. The van der Waals surface area contributed by atoms with E-state index in [1.807, 2.05) is 0 Å². The van der Waals surface area contributed by atoms with Gasteiger partial charge in [-0.2, -0.15) is 0 Å². The molecule has 3 heteroatoms. The summed E-state index contributed by atoms with van der Waals surface area (Å²) in [6, 6.07) is 0.619. The van der Waals surface area contributed by atoms with Gasteiger partial charge in [-0.25, -0.2) is 0 Å². The van der Waals surface area contributed by atoms with Gasteiger partial charge in [0.05, 0.1) is 12.7 Å². The number of rotatable bonds is 5. The molecule has 0 aromatic carbocycles. The molecular formula is C13H25NO2. The summed E-state index contributed by atoms with van der Waals surface area (Å²) in [6.07, 6.45) is 8.04. The van der Waals surface area contributed by atoms with E-state index in [1.54, 1.807) is 0 Å². The van der Waals surface area contributed by atoms with E-state index in [-0.39, 0.29) is 0 Å². The average molecular weight is 227 g/mol. The molecule has 3 atom stereocenters. The van der Waals surface area contributed by atoms with E-state index in [1.165, 1.54) is 38.5 Å². The van der Waals surface area contributed by atoms with Crippen LogP contribution in [0.3, 0.4) is 0 Å². The Morgan fingerprint density at radius 3 is 2.81 bits per heavy atom. The lowest BCUT2D eigenvalue weighted by Gasteiger charge is -2.27. The zero-order chi connectivity index (χ0) is 11.2. The molecule has 3 nitrogen and oxygen atoms in total. The zero-order valence-electron chi connectivity index (χ0n) is 10.4. The summed E-state index contributed by atoms with van der Waals surface area (Å²) in [5.74, 6) is 0.716. The molecule has 0 amide bonds. The quantitative estimate of drug-likeness (QED) is 0.779.